The lowest BCUT2D eigenvalue weighted by Crippen LogP contribution is -2.35. The predicted molar refractivity (Wildman–Crippen MR) is 86.9 cm³/mol. The van der Waals surface area contributed by atoms with E-state index >= 15 is 0 Å². The minimum Gasteiger partial charge on any atom is -0.429 e. The molecule has 0 unspecified atom stereocenters. The Kier molecular flexibility index (Phi) is 3.35. The van der Waals surface area contributed by atoms with Crippen molar-refractivity contribution in [2.75, 3.05) is 21.1 Å². The van der Waals surface area contributed by atoms with Gasteiger partial charge in [-0.25, -0.2) is 0 Å². The van der Waals surface area contributed by atoms with Crippen LogP contribution in [0, 0.1) is 0 Å². The van der Waals surface area contributed by atoms with E-state index < -0.39 is 0 Å². The Morgan fingerprint density at radius 3 is 1.81 bits per heavy atom. The first-order valence-electron chi connectivity index (χ1n) is 6.99. The molecule has 0 aliphatic heterocycles. The summed E-state index contributed by atoms with van der Waals surface area (Å²) in [5, 5.41) is 0. The Bertz CT molecular complexity index is 725. The molecule has 0 radical (unpaired) electrons. The van der Waals surface area contributed by atoms with E-state index in [-0.39, 0.29) is 0 Å². The molecule has 3 nitrogen and oxygen atoms in total. The van der Waals surface area contributed by atoms with Crippen molar-refractivity contribution >= 4 is 5.82 Å². The molecule has 1 aromatic heterocycles. The van der Waals surface area contributed by atoms with Crippen LogP contribution < -0.4 is 4.48 Å². The Hall–Kier alpha value is -2.39. The van der Waals surface area contributed by atoms with Crippen LogP contribution in [0.2, 0.25) is 0 Å². The number of hydrogen-bond acceptors (Lipinski definition) is 2. The van der Waals surface area contributed by atoms with Crippen molar-refractivity contribution in [3.63, 3.8) is 0 Å². The minimum absolute atomic E-state index is 0.612. The average molecular weight is 279 g/mol. The molecule has 0 aliphatic rings. The molecular weight excluding hydrogens is 260 g/mol. The van der Waals surface area contributed by atoms with Crippen molar-refractivity contribution in [1.82, 2.24) is 9.47 Å². The molecule has 0 N–H and O–H groups in total. The summed E-state index contributed by atoms with van der Waals surface area (Å²) in [6.07, 6.45) is 0. The summed E-state index contributed by atoms with van der Waals surface area (Å²) in [6.45, 7) is 0. The van der Waals surface area contributed by atoms with Crippen molar-refractivity contribution in [2.24, 2.45) is 0 Å². The summed E-state index contributed by atoms with van der Waals surface area (Å²) in [7, 11) is 6.29. The first kappa shape index (κ1) is 13.6. The molecule has 1 heterocycles. The fraction of sp³-hybridized carbons (Fsp3) is 0.167. The Balaban J connectivity index is 2.17. The minimum atomic E-state index is 0.612. The third-order valence-corrected chi connectivity index (χ3v) is 3.30. The van der Waals surface area contributed by atoms with Crippen LogP contribution in [0.4, 0.5) is 5.82 Å². The molecule has 0 fully saturated rings. The van der Waals surface area contributed by atoms with E-state index in [1.807, 2.05) is 48.5 Å². The summed E-state index contributed by atoms with van der Waals surface area (Å²) in [5.41, 5.74) is 2.05. The largest absolute Gasteiger partial charge is 0.429 e. The van der Waals surface area contributed by atoms with Gasteiger partial charge in [0, 0.05) is 11.1 Å². The predicted octanol–water partition coefficient (Wildman–Crippen LogP) is 4.21. The second-order valence-corrected chi connectivity index (χ2v) is 5.92. The smallest absolute Gasteiger partial charge is 0.274 e. The Labute approximate surface area is 125 Å². The van der Waals surface area contributed by atoms with Crippen LogP contribution in [0.25, 0.3) is 22.8 Å². The molecule has 106 valence electrons. The van der Waals surface area contributed by atoms with Gasteiger partial charge < -0.3 is 4.42 Å². The number of rotatable bonds is 3. The highest BCUT2D eigenvalue weighted by Gasteiger charge is 2.27. The topological polar surface area (TPSA) is 26.0 Å². The van der Waals surface area contributed by atoms with Crippen LogP contribution in [-0.2, 0) is 0 Å². The van der Waals surface area contributed by atoms with Gasteiger partial charge in [0.2, 0.25) is 11.7 Å². The third kappa shape index (κ3) is 2.73. The molecule has 0 bridgehead atoms. The van der Waals surface area contributed by atoms with E-state index in [4.69, 9.17) is 9.40 Å². The number of quaternary nitrogens is 1. The normalized spacial score (nSPS) is 11.6. The first-order chi connectivity index (χ1) is 10.1. The van der Waals surface area contributed by atoms with Crippen LogP contribution in [0.15, 0.2) is 65.1 Å². The van der Waals surface area contributed by atoms with Crippen LogP contribution >= 0.6 is 0 Å². The lowest BCUT2D eigenvalue weighted by atomic mass is 10.1. The lowest BCUT2D eigenvalue weighted by molar-refractivity contribution is 0.472. The average Bonchev–Trinajstić information content (AvgIpc) is 2.94. The van der Waals surface area contributed by atoms with Gasteiger partial charge in [-0.3, -0.25) is 4.48 Å². The molecule has 0 spiro atoms. The van der Waals surface area contributed by atoms with Gasteiger partial charge >= 0.3 is 0 Å². The number of nitrogens with zero attached hydrogens (tertiary/aromatic N) is 2. The van der Waals surface area contributed by atoms with E-state index in [9.17, 15) is 0 Å². The summed E-state index contributed by atoms with van der Waals surface area (Å²) in [5.74, 6) is 2.43. The van der Waals surface area contributed by atoms with Gasteiger partial charge in [-0.15, -0.1) is 0 Å². The van der Waals surface area contributed by atoms with E-state index in [1.165, 1.54) is 0 Å². The zero-order chi connectivity index (χ0) is 14.9. The standard InChI is InChI=1S/C18H19N2O/c1-20(2,3)17-16(14-10-6-4-7-11-14)21-18(19-17)15-12-8-5-9-13-15/h4-13H,1-3H3/q+1. The second kappa shape index (κ2) is 5.19. The van der Waals surface area contributed by atoms with Gasteiger partial charge in [-0.2, -0.15) is 4.98 Å². The van der Waals surface area contributed by atoms with Gasteiger partial charge in [0.05, 0.1) is 21.1 Å². The maximum atomic E-state index is 6.09. The quantitative estimate of drug-likeness (QED) is 0.671. The third-order valence-electron chi connectivity index (χ3n) is 3.30. The van der Waals surface area contributed by atoms with Crippen molar-refractivity contribution in [3.8, 4) is 22.8 Å². The zero-order valence-corrected chi connectivity index (χ0v) is 12.6. The van der Waals surface area contributed by atoms with Crippen LogP contribution in [0.1, 0.15) is 0 Å². The van der Waals surface area contributed by atoms with Crippen molar-refractivity contribution in [2.45, 2.75) is 0 Å². The number of oxazole rings is 1. The monoisotopic (exact) mass is 279 g/mol. The number of aromatic nitrogens is 1. The van der Waals surface area contributed by atoms with E-state index in [2.05, 4.69) is 33.3 Å². The number of hydrogen-bond donors (Lipinski definition) is 0. The maximum absolute atomic E-state index is 6.09. The van der Waals surface area contributed by atoms with Crippen LogP contribution in [0.5, 0.6) is 0 Å². The molecule has 0 saturated heterocycles. The summed E-state index contributed by atoms with van der Waals surface area (Å²) < 4.78 is 6.70. The maximum Gasteiger partial charge on any atom is 0.274 e. The van der Waals surface area contributed by atoms with Gasteiger partial charge in [-0.05, 0) is 12.1 Å². The van der Waals surface area contributed by atoms with E-state index in [0.29, 0.717) is 10.4 Å². The molecule has 3 rings (SSSR count). The van der Waals surface area contributed by atoms with Crippen LogP contribution in [0.3, 0.4) is 0 Å². The SMILES string of the molecule is C[N+](C)(C)c1nc(-c2ccccc2)oc1-c1ccccc1. The van der Waals surface area contributed by atoms with Crippen molar-refractivity contribution in [3.05, 3.63) is 60.7 Å². The van der Waals surface area contributed by atoms with Crippen molar-refractivity contribution in [1.29, 1.82) is 0 Å². The van der Waals surface area contributed by atoms with Gasteiger partial charge in [0.25, 0.3) is 5.82 Å². The first-order valence-corrected chi connectivity index (χ1v) is 6.99. The highest BCUT2D eigenvalue weighted by Crippen LogP contribution is 2.36. The Morgan fingerprint density at radius 1 is 0.762 bits per heavy atom. The van der Waals surface area contributed by atoms with E-state index in [0.717, 1.165) is 22.7 Å². The molecule has 3 heteroatoms. The molecule has 2 aromatic carbocycles. The Morgan fingerprint density at radius 2 is 1.29 bits per heavy atom. The summed E-state index contributed by atoms with van der Waals surface area (Å²) in [6, 6.07) is 20.1. The van der Waals surface area contributed by atoms with Crippen LogP contribution in [-0.4, -0.2) is 26.1 Å². The molecule has 21 heavy (non-hydrogen) atoms. The van der Waals surface area contributed by atoms with Gasteiger partial charge in [0.15, 0.2) is 0 Å². The second-order valence-electron chi connectivity index (χ2n) is 5.92. The lowest BCUT2D eigenvalue weighted by Gasteiger charge is -2.20. The summed E-state index contributed by atoms with van der Waals surface area (Å²) in [4.78, 5) is 4.73. The molecule has 0 saturated carbocycles. The van der Waals surface area contributed by atoms with Gasteiger partial charge in [0.1, 0.15) is 0 Å². The van der Waals surface area contributed by atoms with E-state index in [1.54, 1.807) is 0 Å². The number of benzene rings is 2. The zero-order valence-electron chi connectivity index (χ0n) is 12.6. The molecular formula is C18H19N2O+. The summed E-state index contributed by atoms with van der Waals surface area (Å²) >= 11 is 0. The highest BCUT2D eigenvalue weighted by atomic mass is 16.4. The molecule has 0 amide bonds. The molecule has 0 aliphatic carbocycles. The van der Waals surface area contributed by atoms with Crippen molar-refractivity contribution < 1.29 is 4.42 Å². The molecule has 0 atom stereocenters. The fourth-order valence-electron chi connectivity index (χ4n) is 2.25. The highest BCUT2D eigenvalue weighted by molar-refractivity contribution is 5.72. The molecule has 3 aromatic rings. The van der Waals surface area contributed by atoms with Gasteiger partial charge in [-0.1, -0.05) is 48.5 Å². The fourth-order valence-corrected chi connectivity index (χ4v) is 2.25.